The van der Waals surface area contributed by atoms with Gasteiger partial charge in [-0.3, -0.25) is 4.79 Å². The molecule has 0 heterocycles. The van der Waals surface area contributed by atoms with Gasteiger partial charge in [-0.05, 0) is 48.7 Å². The molecule has 1 aliphatic rings. The average Bonchev–Trinajstić information content (AvgIpc) is 3.45. The molecule has 0 aliphatic heterocycles. The lowest BCUT2D eigenvalue weighted by atomic mass is 10.2. The third kappa shape index (κ3) is 4.63. The van der Waals surface area contributed by atoms with Crippen LogP contribution in [0.15, 0.2) is 51.8 Å². The molecule has 2 N–H and O–H groups in total. The zero-order valence-corrected chi connectivity index (χ0v) is 16.6. The van der Waals surface area contributed by atoms with Crippen molar-refractivity contribution in [2.24, 2.45) is 5.92 Å². The predicted octanol–water partition coefficient (Wildman–Crippen LogP) is 3.28. The van der Waals surface area contributed by atoms with Crippen molar-refractivity contribution in [3.05, 3.63) is 52.5 Å². The number of hydrogen-bond donors (Lipinski definition) is 2. The molecule has 1 amide bonds. The molecule has 2 aromatic carbocycles. The summed E-state index contributed by atoms with van der Waals surface area (Å²) >= 11 is 3.28. The Morgan fingerprint density at radius 2 is 2.00 bits per heavy atom. The van der Waals surface area contributed by atoms with Gasteiger partial charge >= 0.3 is 0 Å². The van der Waals surface area contributed by atoms with Gasteiger partial charge in [0.05, 0.1) is 7.11 Å². The molecule has 8 heteroatoms. The van der Waals surface area contributed by atoms with Crippen LogP contribution in [0.2, 0.25) is 0 Å². The molecular formula is C18H19BrN2O4S. The van der Waals surface area contributed by atoms with Gasteiger partial charge in [0.2, 0.25) is 15.9 Å². The van der Waals surface area contributed by atoms with Crippen molar-refractivity contribution in [2.45, 2.75) is 24.3 Å². The van der Waals surface area contributed by atoms with E-state index in [4.69, 9.17) is 4.74 Å². The number of methoxy groups -OCH3 is 1. The maximum atomic E-state index is 12.6. The number of carbonyl (C=O) groups excluding carboxylic acids is 1. The summed E-state index contributed by atoms with van der Waals surface area (Å²) in [5.74, 6) is 0.397. The van der Waals surface area contributed by atoms with Gasteiger partial charge in [0.25, 0.3) is 0 Å². The van der Waals surface area contributed by atoms with Crippen LogP contribution < -0.4 is 14.8 Å². The fraction of sp³-hybridized carbons (Fsp3) is 0.278. The van der Waals surface area contributed by atoms with Crippen molar-refractivity contribution in [2.75, 3.05) is 12.4 Å². The molecule has 2 aromatic rings. The number of rotatable bonds is 7. The summed E-state index contributed by atoms with van der Waals surface area (Å²) in [6.45, 7) is 0.102. The third-order valence-electron chi connectivity index (χ3n) is 4.02. The molecule has 0 radical (unpaired) electrons. The monoisotopic (exact) mass is 438 g/mol. The van der Waals surface area contributed by atoms with Crippen LogP contribution in [-0.4, -0.2) is 21.4 Å². The van der Waals surface area contributed by atoms with Crippen LogP contribution in [0.3, 0.4) is 0 Å². The fourth-order valence-electron chi connectivity index (χ4n) is 2.47. The van der Waals surface area contributed by atoms with E-state index in [1.165, 1.54) is 13.2 Å². The van der Waals surface area contributed by atoms with Gasteiger partial charge < -0.3 is 10.1 Å². The SMILES string of the molecule is COc1ccc(Br)cc1S(=O)(=O)NCc1cccc(NC(=O)C2CC2)c1. The zero-order chi connectivity index (χ0) is 18.7. The van der Waals surface area contributed by atoms with Crippen LogP contribution in [0, 0.1) is 5.92 Å². The molecule has 0 aromatic heterocycles. The number of anilines is 1. The number of sulfonamides is 1. The number of nitrogens with one attached hydrogen (secondary N) is 2. The Balaban J connectivity index is 1.72. The third-order valence-corrected chi connectivity index (χ3v) is 5.94. The van der Waals surface area contributed by atoms with Crippen LogP contribution in [0.1, 0.15) is 18.4 Å². The number of halogens is 1. The number of amides is 1. The number of benzene rings is 2. The number of ether oxygens (including phenoxy) is 1. The minimum atomic E-state index is -3.76. The topological polar surface area (TPSA) is 84.5 Å². The van der Waals surface area contributed by atoms with E-state index >= 15 is 0 Å². The second kappa shape index (κ2) is 7.77. The molecule has 1 saturated carbocycles. The van der Waals surface area contributed by atoms with Crippen molar-refractivity contribution < 1.29 is 17.9 Å². The van der Waals surface area contributed by atoms with Gasteiger partial charge in [0.1, 0.15) is 10.6 Å². The molecule has 1 aliphatic carbocycles. The molecule has 1 fully saturated rings. The lowest BCUT2D eigenvalue weighted by molar-refractivity contribution is -0.117. The molecule has 138 valence electrons. The predicted molar refractivity (Wildman–Crippen MR) is 103 cm³/mol. The highest BCUT2D eigenvalue weighted by Gasteiger charge is 2.29. The Kier molecular flexibility index (Phi) is 5.64. The zero-order valence-electron chi connectivity index (χ0n) is 14.2. The van der Waals surface area contributed by atoms with Gasteiger partial charge in [-0.25, -0.2) is 13.1 Å². The Bertz CT molecular complexity index is 927. The van der Waals surface area contributed by atoms with E-state index < -0.39 is 10.0 Å². The highest BCUT2D eigenvalue weighted by Crippen LogP contribution is 2.30. The summed E-state index contributed by atoms with van der Waals surface area (Å²) in [4.78, 5) is 11.9. The molecule has 0 saturated heterocycles. The highest BCUT2D eigenvalue weighted by molar-refractivity contribution is 9.10. The van der Waals surface area contributed by atoms with Gasteiger partial charge in [0, 0.05) is 22.6 Å². The summed E-state index contributed by atoms with van der Waals surface area (Å²) in [6.07, 6.45) is 1.86. The van der Waals surface area contributed by atoms with E-state index in [2.05, 4.69) is 26.0 Å². The molecule has 0 atom stereocenters. The normalized spacial score (nSPS) is 14.1. The van der Waals surface area contributed by atoms with Crippen molar-refractivity contribution in [1.82, 2.24) is 4.72 Å². The molecule has 6 nitrogen and oxygen atoms in total. The van der Waals surface area contributed by atoms with E-state index in [9.17, 15) is 13.2 Å². The first-order valence-electron chi connectivity index (χ1n) is 8.12. The van der Waals surface area contributed by atoms with Crippen LogP contribution in [-0.2, 0) is 21.4 Å². The van der Waals surface area contributed by atoms with E-state index in [1.54, 1.807) is 36.4 Å². The summed E-state index contributed by atoms with van der Waals surface area (Å²) in [6, 6.07) is 11.9. The minimum absolute atomic E-state index is 0.0154. The van der Waals surface area contributed by atoms with Crippen LogP contribution >= 0.6 is 15.9 Å². The van der Waals surface area contributed by atoms with E-state index in [0.29, 0.717) is 10.2 Å². The van der Waals surface area contributed by atoms with Crippen LogP contribution in [0.25, 0.3) is 0 Å². The van der Waals surface area contributed by atoms with Gasteiger partial charge in [-0.15, -0.1) is 0 Å². The number of hydrogen-bond acceptors (Lipinski definition) is 4. The molecular weight excluding hydrogens is 420 g/mol. The first kappa shape index (κ1) is 18.9. The van der Waals surface area contributed by atoms with Crippen LogP contribution in [0.4, 0.5) is 5.69 Å². The molecule has 0 spiro atoms. The molecule has 0 bridgehead atoms. The summed E-state index contributed by atoms with van der Waals surface area (Å²) in [5.41, 5.74) is 1.41. The van der Waals surface area contributed by atoms with E-state index in [-0.39, 0.29) is 29.0 Å². The fourth-order valence-corrected chi connectivity index (χ4v) is 4.19. The first-order valence-corrected chi connectivity index (χ1v) is 10.4. The van der Waals surface area contributed by atoms with Crippen molar-refractivity contribution in [3.63, 3.8) is 0 Å². The molecule has 26 heavy (non-hydrogen) atoms. The Labute approximate surface area is 161 Å². The van der Waals surface area contributed by atoms with Crippen molar-refractivity contribution in [1.29, 1.82) is 0 Å². The van der Waals surface area contributed by atoms with Gasteiger partial charge in [-0.2, -0.15) is 0 Å². The highest BCUT2D eigenvalue weighted by atomic mass is 79.9. The summed E-state index contributed by atoms with van der Waals surface area (Å²) in [7, 11) is -2.33. The van der Waals surface area contributed by atoms with Crippen molar-refractivity contribution >= 4 is 37.5 Å². The van der Waals surface area contributed by atoms with Crippen LogP contribution in [0.5, 0.6) is 5.75 Å². The quantitative estimate of drug-likeness (QED) is 0.694. The Morgan fingerprint density at radius 1 is 1.23 bits per heavy atom. The standard InChI is InChI=1S/C18H19BrN2O4S/c1-25-16-8-7-14(19)10-17(16)26(23,24)20-11-12-3-2-4-15(9-12)21-18(22)13-5-6-13/h2-4,7-10,13,20H,5-6,11H2,1H3,(H,21,22). The van der Waals surface area contributed by atoms with E-state index in [0.717, 1.165) is 18.4 Å². The Morgan fingerprint density at radius 3 is 2.69 bits per heavy atom. The van der Waals surface area contributed by atoms with Gasteiger partial charge in [0.15, 0.2) is 0 Å². The number of carbonyl (C=O) groups is 1. The second-order valence-electron chi connectivity index (χ2n) is 6.08. The first-order chi connectivity index (χ1) is 12.4. The average molecular weight is 439 g/mol. The Hall–Kier alpha value is -1.90. The molecule has 0 unspecified atom stereocenters. The lowest BCUT2D eigenvalue weighted by Crippen LogP contribution is -2.24. The lowest BCUT2D eigenvalue weighted by Gasteiger charge is -2.12. The maximum absolute atomic E-state index is 12.6. The largest absolute Gasteiger partial charge is 0.495 e. The second-order valence-corrected chi connectivity index (χ2v) is 8.73. The van der Waals surface area contributed by atoms with E-state index in [1.807, 2.05) is 0 Å². The summed E-state index contributed by atoms with van der Waals surface area (Å²) in [5, 5.41) is 2.86. The molecule has 3 rings (SSSR count). The van der Waals surface area contributed by atoms with Crippen molar-refractivity contribution in [3.8, 4) is 5.75 Å². The maximum Gasteiger partial charge on any atom is 0.244 e. The van der Waals surface area contributed by atoms with Gasteiger partial charge in [-0.1, -0.05) is 28.1 Å². The summed E-state index contributed by atoms with van der Waals surface area (Å²) < 4.78 is 33.6. The minimum Gasteiger partial charge on any atom is -0.495 e. The smallest absolute Gasteiger partial charge is 0.244 e.